The summed E-state index contributed by atoms with van der Waals surface area (Å²) in [6.45, 7) is 4.79. The molecular formula is C16H21NO4. The number of carboxylic acids is 1. The van der Waals surface area contributed by atoms with E-state index in [1.54, 1.807) is 0 Å². The Hall–Kier alpha value is -2.04. The van der Waals surface area contributed by atoms with Crippen molar-refractivity contribution in [3.05, 3.63) is 29.3 Å². The molecule has 0 aliphatic carbocycles. The van der Waals surface area contributed by atoms with Gasteiger partial charge in [0.15, 0.2) is 0 Å². The summed E-state index contributed by atoms with van der Waals surface area (Å²) in [5, 5.41) is 9.08. The first-order valence-corrected chi connectivity index (χ1v) is 7.22. The van der Waals surface area contributed by atoms with Gasteiger partial charge in [-0.25, -0.2) is 4.79 Å². The molecule has 0 aromatic heterocycles. The Morgan fingerprint density at radius 1 is 1.38 bits per heavy atom. The molecule has 0 radical (unpaired) electrons. The van der Waals surface area contributed by atoms with E-state index in [-0.39, 0.29) is 18.9 Å². The highest BCUT2D eigenvalue weighted by Gasteiger charge is 2.33. The topological polar surface area (TPSA) is 66.8 Å². The molecule has 5 nitrogen and oxygen atoms in total. The number of amides is 1. The zero-order valence-corrected chi connectivity index (χ0v) is 12.5. The first-order chi connectivity index (χ1) is 10.0. The number of benzene rings is 1. The Kier molecular flexibility index (Phi) is 4.83. The van der Waals surface area contributed by atoms with Crippen LogP contribution in [-0.2, 0) is 9.59 Å². The van der Waals surface area contributed by atoms with Crippen molar-refractivity contribution in [1.29, 1.82) is 0 Å². The maximum absolute atomic E-state index is 12.1. The molecule has 1 heterocycles. The Labute approximate surface area is 124 Å². The second-order valence-electron chi connectivity index (χ2n) is 5.38. The van der Waals surface area contributed by atoms with Crippen molar-refractivity contribution in [1.82, 2.24) is 4.90 Å². The monoisotopic (exact) mass is 291 g/mol. The molecule has 1 N–H and O–H groups in total. The first kappa shape index (κ1) is 15.4. The van der Waals surface area contributed by atoms with Crippen molar-refractivity contribution in [3.8, 4) is 5.75 Å². The number of aryl methyl sites for hydroxylation is 1. The second-order valence-corrected chi connectivity index (χ2v) is 5.38. The van der Waals surface area contributed by atoms with Gasteiger partial charge in [0.25, 0.3) is 0 Å². The molecule has 5 heteroatoms. The van der Waals surface area contributed by atoms with E-state index in [0.29, 0.717) is 13.0 Å². The highest BCUT2D eigenvalue weighted by atomic mass is 16.5. The van der Waals surface area contributed by atoms with Gasteiger partial charge >= 0.3 is 5.97 Å². The van der Waals surface area contributed by atoms with E-state index < -0.39 is 12.0 Å². The lowest BCUT2D eigenvalue weighted by Crippen LogP contribution is -2.40. The van der Waals surface area contributed by atoms with Gasteiger partial charge in [0.05, 0.1) is 13.0 Å². The van der Waals surface area contributed by atoms with Gasteiger partial charge in [-0.2, -0.15) is 0 Å². The van der Waals surface area contributed by atoms with Crippen LogP contribution in [0.5, 0.6) is 5.75 Å². The van der Waals surface area contributed by atoms with Gasteiger partial charge < -0.3 is 14.7 Å². The van der Waals surface area contributed by atoms with Crippen LogP contribution in [0.3, 0.4) is 0 Å². The number of aliphatic carboxylic acids is 1. The Balaban J connectivity index is 1.87. The zero-order chi connectivity index (χ0) is 15.4. The van der Waals surface area contributed by atoms with Crippen LogP contribution in [0.4, 0.5) is 0 Å². The fraction of sp³-hybridized carbons (Fsp3) is 0.500. The van der Waals surface area contributed by atoms with Crippen LogP contribution in [-0.4, -0.2) is 41.1 Å². The molecule has 1 fully saturated rings. The van der Waals surface area contributed by atoms with E-state index in [9.17, 15) is 9.59 Å². The number of carboxylic acid groups (broad SMARTS) is 1. The van der Waals surface area contributed by atoms with Gasteiger partial charge in [-0.3, -0.25) is 4.79 Å². The Morgan fingerprint density at radius 2 is 2.14 bits per heavy atom. The Morgan fingerprint density at radius 3 is 2.86 bits per heavy atom. The molecule has 0 saturated carbocycles. The quantitative estimate of drug-likeness (QED) is 0.902. The summed E-state index contributed by atoms with van der Waals surface area (Å²) in [4.78, 5) is 24.6. The molecule has 1 unspecified atom stereocenters. The van der Waals surface area contributed by atoms with Gasteiger partial charge in [0, 0.05) is 6.54 Å². The average Bonchev–Trinajstić information content (AvgIpc) is 2.93. The highest BCUT2D eigenvalue weighted by Crippen LogP contribution is 2.21. The van der Waals surface area contributed by atoms with Crippen LogP contribution < -0.4 is 4.74 Å². The van der Waals surface area contributed by atoms with Gasteiger partial charge in [-0.05, 0) is 43.9 Å². The molecule has 1 atom stereocenters. The summed E-state index contributed by atoms with van der Waals surface area (Å²) in [6.07, 6.45) is 1.50. The zero-order valence-electron chi connectivity index (χ0n) is 12.5. The molecule has 114 valence electrons. The minimum absolute atomic E-state index is 0.148. The summed E-state index contributed by atoms with van der Waals surface area (Å²) in [6, 6.07) is 5.14. The Bertz CT molecular complexity index is 541. The normalized spacial score (nSPS) is 17.8. The molecule has 2 rings (SSSR count). The minimum atomic E-state index is -0.920. The lowest BCUT2D eigenvalue weighted by atomic mass is 10.1. The van der Waals surface area contributed by atoms with Crippen LogP contribution in [0, 0.1) is 13.8 Å². The molecule has 1 aromatic rings. The SMILES string of the molecule is Cc1cccc(OCCC(=O)N2CCCC2C(=O)O)c1C. The average molecular weight is 291 g/mol. The molecule has 1 aliphatic heterocycles. The third-order valence-electron chi connectivity index (χ3n) is 3.99. The van der Waals surface area contributed by atoms with Crippen molar-refractivity contribution in [2.75, 3.05) is 13.2 Å². The van der Waals surface area contributed by atoms with Crippen molar-refractivity contribution in [3.63, 3.8) is 0 Å². The lowest BCUT2D eigenvalue weighted by molar-refractivity contribution is -0.148. The van der Waals surface area contributed by atoms with Crippen molar-refractivity contribution < 1.29 is 19.4 Å². The van der Waals surface area contributed by atoms with E-state index in [2.05, 4.69) is 0 Å². The number of likely N-dealkylation sites (tertiary alicyclic amines) is 1. The maximum Gasteiger partial charge on any atom is 0.326 e. The van der Waals surface area contributed by atoms with E-state index in [0.717, 1.165) is 23.3 Å². The van der Waals surface area contributed by atoms with Gasteiger partial charge in [-0.15, -0.1) is 0 Å². The fourth-order valence-electron chi connectivity index (χ4n) is 2.59. The standard InChI is InChI=1S/C16H21NO4/c1-11-5-3-7-14(12(11)2)21-10-8-15(18)17-9-4-6-13(17)16(19)20/h3,5,7,13H,4,6,8-10H2,1-2H3,(H,19,20). The first-order valence-electron chi connectivity index (χ1n) is 7.22. The molecule has 1 aliphatic rings. The van der Waals surface area contributed by atoms with Crippen LogP contribution in [0.15, 0.2) is 18.2 Å². The number of nitrogens with zero attached hydrogens (tertiary/aromatic N) is 1. The molecule has 1 aromatic carbocycles. The molecule has 1 amide bonds. The largest absolute Gasteiger partial charge is 0.493 e. The van der Waals surface area contributed by atoms with E-state index >= 15 is 0 Å². The molecule has 0 spiro atoms. The highest BCUT2D eigenvalue weighted by molar-refractivity contribution is 5.84. The summed E-state index contributed by atoms with van der Waals surface area (Å²) in [5.74, 6) is -0.291. The maximum atomic E-state index is 12.1. The number of ether oxygens (including phenoxy) is 1. The van der Waals surface area contributed by atoms with Crippen LogP contribution in [0.25, 0.3) is 0 Å². The van der Waals surface area contributed by atoms with Crippen molar-refractivity contribution in [2.24, 2.45) is 0 Å². The predicted octanol–water partition coefficient (Wildman–Crippen LogP) is 2.15. The predicted molar refractivity (Wildman–Crippen MR) is 78.4 cm³/mol. The van der Waals surface area contributed by atoms with E-state index in [1.165, 1.54) is 4.90 Å². The van der Waals surface area contributed by atoms with E-state index in [1.807, 2.05) is 32.0 Å². The fourth-order valence-corrected chi connectivity index (χ4v) is 2.59. The number of hydrogen-bond acceptors (Lipinski definition) is 3. The molecular weight excluding hydrogens is 270 g/mol. The van der Waals surface area contributed by atoms with E-state index in [4.69, 9.17) is 9.84 Å². The molecule has 0 bridgehead atoms. The smallest absolute Gasteiger partial charge is 0.326 e. The summed E-state index contributed by atoms with van der Waals surface area (Å²) < 4.78 is 5.65. The van der Waals surface area contributed by atoms with Crippen molar-refractivity contribution >= 4 is 11.9 Å². The number of rotatable bonds is 5. The van der Waals surface area contributed by atoms with Gasteiger partial charge in [-0.1, -0.05) is 12.1 Å². The third kappa shape index (κ3) is 3.54. The summed E-state index contributed by atoms with van der Waals surface area (Å²) >= 11 is 0. The third-order valence-corrected chi connectivity index (χ3v) is 3.99. The van der Waals surface area contributed by atoms with Crippen LogP contribution >= 0.6 is 0 Å². The second kappa shape index (κ2) is 6.61. The molecule has 21 heavy (non-hydrogen) atoms. The van der Waals surface area contributed by atoms with Crippen molar-refractivity contribution in [2.45, 2.75) is 39.2 Å². The van der Waals surface area contributed by atoms with Gasteiger partial charge in [0.2, 0.25) is 5.91 Å². The number of carbonyl (C=O) groups is 2. The minimum Gasteiger partial charge on any atom is -0.493 e. The van der Waals surface area contributed by atoms with Gasteiger partial charge in [0.1, 0.15) is 11.8 Å². The number of hydrogen-bond donors (Lipinski definition) is 1. The van der Waals surface area contributed by atoms with Crippen LogP contribution in [0.2, 0.25) is 0 Å². The number of carbonyl (C=O) groups excluding carboxylic acids is 1. The lowest BCUT2D eigenvalue weighted by Gasteiger charge is -2.21. The van der Waals surface area contributed by atoms with Crippen LogP contribution in [0.1, 0.15) is 30.4 Å². The summed E-state index contributed by atoms with van der Waals surface area (Å²) in [5.41, 5.74) is 2.21. The molecule has 1 saturated heterocycles. The summed E-state index contributed by atoms with van der Waals surface area (Å²) in [7, 11) is 0.